The molecule has 3 aliphatic heterocycles. The van der Waals surface area contributed by atoms with Crippen LogP contribution in [-0.2, 0) is 12.1 Å². The molecule has 6 heteroatoms. The van der Waals surface area contributed by atoms with Crippen LogP contribution >= 0.6 is 11.3 Å². The molecular formula is C28H29N2O3S+. The number of hydrogen-bond donors (Lipinski definition) is 1. The van der Waals surface area contributed by atoms with Crippen molar-refractivity contribution in [3.05, 3.63) is 107 Å². The first-order valence-corrected chi connectivity index (χ1v) is 12.9. The minimum atomic E-state index is -1.44. The topological polar surface area (TPSA) is 55.5 Å². The van der Waals surface area contributed by atoms with E-state index in [0.717, 1.165) is 52.6 Å². The van der Waals surface area contributed by atoms with Gasteiger partial charge in [-0.15, -0.1) is 11.3 Å². The highest BCUT2D eigenvalue weighted by atomic mass is 32.1. The van der Waals surface area contributed by atoms with Crippen LogP contribution in [0.25, 0.3) is 0 Å². The molecule has 3 aliphatic rings. The number of rotatable bonds is 7. The number of nitrogens with zero attached hydrogens (tertiary/aromatic N) is 2. The van der Waals surface area contributed by atoms with Gasteiger partial charge in [-0.05, 0) is 28.6 Å². The van der Waals surface area contributed by atoms with Crippen LogP contribution in [0.5, 0.6) is 5.06 Å². The predicted molar refractivity (Wildman–Crippen MR) is 132 cm³/mol. The summed E-state index contributed by atoms with van der Waals surface area (Å²) in [5.74, 6) is 1.76. The lowest BCUT2D eigenvalue weighted by Gasteiger charge is -2.51. The van der Waals surface area contributed by atoms with E-state index in [1.165, 1.54) is 12.8 Å². The molecule has 0 saturated carbocycles. The molecule has 2 bridgehead atoms. The molecule has 1 N–H and O–H groups in total. The van der Waals surface area contributed by atoms with Crippen LogP contribution < -0.4 is 4.74 Å². The average Bonchev–Trinajstić information content (AvgIpc) is 3.58. The Bertz CT molecular complexity index is 1180. The maximum Gasteiger partial charge on any atom is 0.236 e. The third-order valence-electron chi connectivity index (χ3n) is 7.54. The molecule has 3 fully saturated rings. The SMILES string of the molecule is OC(c1ccccc1)(c1ccccc1)c1ncc(C[N+]23CCC(CC2)C(Oc2cccs2)C3)o1. The largest absolute Gasteiger partial charge is 0.475 e. The Morgan fingerprint density at radius 2 is 1.65 bits per heavy atom. The van der Waals surface area contributed by atoms with Crippen molar-refractivity contribution >= 4 is 11.3 Å². The molecule has 3 saturated heterocycles. The van der Waals surface area contributed by atoms with Crippen molar-refractivity contribution in [1.82, 2.24) is 4.98 Å². The second-order valence-electron chi connectivity index (χ2n) is 9.63. The van der Waals surface area contributed by atoms with Gasteiger partial charge in [-0.3, -0.25) is 0 Å². The number of aliphatic hydroxyl groups is 1. The third kappa shape index (κ3) is 3.86. The van der Waals surface area contributed by atoms with Gasteiger partial charge in [-0.1, -0.05) is 60.7 Å². The number of ether oxygens (including phenoxy) is 1. The van der Waals surface area contributed by atoms with E-state index in [9.17, 15) is 5.11 Å². The van der Waals surface area contributed by atoms with Crippen LogP contribution in [-0.4, -0.2) is 40.3 Å². The Hall–Kier alpha value is -2.93. The van der Waals surface area contributed by atoms with E-state index in [2.05, 4.69) is 16.4 Å². The van der Waals surface area contributed by atoms with Gasteiger partial charge in [-0.25, -0.2) is 4.98 Å². The standard InChI is InChI=1S/C28H29N2O3S/c31-28(22-8-3-1-4-9-22,23-10-5-2-6-11-23)27-29-18-24(32-27)19-30-15-13-21(14-16-30)25(20-30)33-26-12-7-17-34-26/h1-12,17-18,21,25,31H,13-16,19-20H2/q+1. The van der Waals surface area contributed by atoms with Crippen molar-refractivity contribution in [2.45, 2.75) is 31.1 Å². The summed E-state index contributed by atoms with van der Waals surface area (Å²) in [5, 5.41) is 15.1. The van der Waals surface area contributed by atoms with Crippen molar-refractivity contribution in [1.29, 1.82) is 0 Å². The Labute approximate surface area is 203 Å². The fraction of sp³-hybridized carbons (Fsp3) is 0.321. The molecule has 1 unspecified atom stereocenters. The average molecular weight is 474 g/mol. The minimum absolute atomic E-state index is 0.245. The van der Waals surface area contributed by atoms with Crippen LogP contribution in [0.2, 0.25) is 0 Å². The highest BCUT2D eigenvalue weighted by molar-refractivity contribution is 7.11. The van der Waals surface area contributed by atoms with Crippen molar-refractivity contribution in [3.63, 3.8) is 0 Å². The van der Waals surface area contributed by atoms with Crippen LogP contribution in [0.1, 0.15) is 35.6 Å². The predicted octanol–water partition coefficient (Wildman–Crippen LogP) is 5.21. The van der Waals surface area contributed by atoms with Crippen LogP contribution in [0.3, 0.4) is 0 Å². The molecule has 5 heterocycles. The smallest absolute Gasteiger partial charge is 0.236 e. The van der Waals surface area contributed by atoms with Gasteiger partial charge >= 0.3 is 0 Å². The quantitative estimate of drug-likeness (QED) is 0.375. The highest BCUT2D eigenvalue weighted by Crippen LogP contribution is 2.40. The second-order valence-corrected chi connectivity index (χ2v) is 10.5. The fourth-order valence-corrected chi connectivity index (χ4v) is 6.33. The summed E-state index contributed by atoms with van der Waals surface area (Å²) < 4.78 is 13.7. The van der Waals surface area contributed by atoms with E-state index in [1.54, 1.807) is 17.5 Å². The second kappa shape index (κ2) is 8.69. The van der Waals surface area contributed by atoms with Crippen LogP contribution in [0.15, 0.2) is 88.8 Å². The number of aromatic nitrogens is 1. The summed E-state index contributed by atoms with van der Waals surface area (Å²) in [5.41, 5.74) is 0.0372. The molecule has 174 valence electrons. The number of benzene rings is 2. The first-order valence-electron chi connectivity index (χ1n) is 12.0. The lowest BCUT2D eigenvalue weighted by molar-refractivity contribution is -0.958. The summed E-state index contributed by atoms with van der Waals surface area (Å²) in [4.78, 5) is 4.61. The van der Waals surface area contributed by atoms with Gasteiger partial charge in [0, 0.05) is 18.8 Å². The first-order chi connectivity index (χ1) is 16.6. The zero-order chi connectivity index (χ0) is 23.0. The normalized spacial score (nSPS) is 24.3. The maximum atomic E-state index is 12.0. The summed E-state index contributed by atoms with van der Waals surface area (Å²) in [6.07, 6.45) is 4.40. The van der Waals surface area contributed by atoms with Crippen LogP contribution in [0, 0.1) is 5.92 Å². The van der Waals surface area contributed by atoms with Gasteiger partial charge < -0.3 is 18.7 Å². The van der Waals surface area contributed by atoms with Gasteiger partial charge in [0.15, 0.2) is 22.5 Å². The zero-order valence-corrected chi connectivity index (χ0v) is 19.9. The van der Waals surface area contributed by atoms with E-state index in [4.69, 9.17) is 9.15 Å². The number of hydrogen-bond acceptors (Lipinski definition) is 5. The minimum Gasteiger partial charge on any atom is -0.475 e. The van der Waals surface area contributed by atoms with Crippen molar-refractivity contribution in [2.75, 3.05) is 19.6 Å². The fourth-order valence-electron chi connectivity index (χ4n) is 5.71. The number of thiophene rings is 1. The molecule has 4 aromatic rings. The first kappa shape index (κ1) is 21.6. The Balaban J connectivity index is 1.28. The molecular weight excluding hydrogens is 444 g/mol. The Morgan fingerprint density at radius 3 is 2.26 bits per heavy atom. The molecule has 0 aliphatic carbocycles. The molecule has 34 heavy (non-hydrogen) atoms. The zero-order valence-electron chi connectivity index (χ0n) is 19.0. The molecule has 0 radical (unpaired) electrons. The van der Waals surface area contributed by atoms with Gasteiger partial charge in [0.2, 0.25) is 5.89 Å². The van der Waals surface area contributed by atoms with E-state index >= 15 is 0 Å². The molecule has 2 aromatic heterocycles. The van der Waals surface area contributed by atoms with E-state index in [-0.39, 0.29) is 6.10 Å². The molecule has 0 spiro atoms. The molecule has 5 nitrogen and oxygen atoms in total. The molecule has 2 aromatic carbocycles. The number of fused-ring (bicyclic) bond motifs is 3. The van der Waals surface area contributed by atoms with Gasteiger partial charge in [-0.2, -0.15) is 0 Å². The van der Waals surface area contributed by atoms with E-state index < -0.39 is 5.60 Å². The van der Waals surface area contributed by atoms with Gasteiger partial charge in [0.25, 0.3) is 0 Å². The maximum absolute atomic E-state index is 12.0. The van der Waals surface area contributed by atoms with Crippen molar-refractivity contribution in [3.8, 4) is 5.06 Å². The van der Waals surface area contributed by atoms with E-state index in [0.29, 0.717) is 11.8 Å². The van der Waals surface area contributed by atoms with Gasteiger partial charge in [0.05, 0.1) is 19.3 Å². The van der Waals surface area contributed by atoms with Crippen molar-refractivity contribution in [2.24, 2.45) is 5.92 Å². The number of quaternary nitrogens is 1. The summed E-state index contributed by atoms with van der Waals surface area (Å²) >= 11 is 1.66. The molecule has 1 atom stereocenters. The lowest BCUT2D eigenvalue weighted by atomic mass is 9.83. The molecule has 0 amide bonds. The third-order valence-corrected chi connectivity index (χ3v) is 8.30. The van der Waals surface area contributed by atoms with Crippen LogP contribution in [0.4, 0.5) is 0 Å². The Kier molecular flexibility index (Phi) is 5.52. The van der Waals surface area contributed by atoms with Gasteiger partial charge in [0.1, 0.15) is 13.1 Å². The summed E-state index contributed by atoms with van der Waals surface area (Å²) in [7, 11) is 0. The number of piperidine rings is 3. The monoisotopic (exact) mass is 473 g/mol. The van der Waals surface area contributed by atoms with Crippen molar-refractivity contribution < 1.29 is 18.7 Å². The summed E-state index contributed by atoms with van der Waals surface area (Å²) in [6.45, 7) is 4.02. The lowest BCUT2D eigenvalue weighted by Crippen LogP contribution is -2.64. The van der Waals surface area contributed by atoms with E-state index in [1.807, 2.05) is 66.7 Å². The highest BCUT2D eigenvalue weighted by Gasteiger charge is 2.48. The summed E-state index contributed by atoms with van der Waals surface area (Å²) in [6, 6.07) is 23.4. The number of oxazole rings is 1. The molecule has 7 rings (SSSR count). The Morgan fingerprint density at radius 1 is 0.971 bits per heavy atom.